The molecule has 0 saturated heterocycles. The van der Waals surface area contributed by atoms with Gasteiger partial charge in [-0.25, -0.2) is 8.42 Å². The lowest BCUT2D eigenvalue weighted by molar-refractivity contribution is -0.0499. The molecule has 2 aromatic carbocycles. The fourth-order valence-corrected chi connectivity index (χ4v) is 4.30. The van der Waals surface area contributed by atoms with Gasteiger partial charge < -0.3 is 19.7 Å². The molecule has 0 saturated carbocycles. The van der Waals surface area contributed by atoms with Crippen LogP contribution in [0.2, 0.25) is 0 Å². The number of anilines is 1. The van der Waals surface area contributed by atoms with Crippen molar-refractivity contribution in [1.82, 2.24) is 4.57 Å². The van der Waals surface area contributed by atoms with Gasteiger partial charge in [-0.1, -0.05) is 6.07 Å². The van der Waals surface area contributed by atoms with Crippen LogP contribution in [0.1, 0.15) is 34.2 Å². The Labute approximate surface area is 196 Å². The normalized spacial score (nSPS) is 12.6. The quantitative estimate of drug-likeness (QED) is 0.489. The predicted octanol–water partition coefficient (Wildman–Crippen LogP) is 4.27. The average molecular weight is 493 g/mol. The van der Waals surface area contributed by atoms with Crippen molar-refractivity contribution in [2.45, 2.75) is 44.8 Å². The molecule has 34 heavy (non-hydrogen) atoms. The Kier molecular flexibility index (Phi) is 7.42. The first-order valence-electron chi connectivity index (χ1n) is 10.4. The van der Waals surface area contributed by atoms with Crippen molar-refractivity contribution in [3.8, 4) is 11.4 Å². The van der Waals surface area contributed by atoms with Crippen LogP contribution in [0.3, 0.4) is 0 Å². The van der Waals surface area contributed by atoms with Crippen LogP contribution in [0, 0.1) is 13.8 Å². The van der Waals surface area contributed by atoms with Crippen molar-refractivity contribution in [1.29, 1.82) is 0 Å². The Morgan fingerprint density at radius 3 is 2.32 bits per heavy atom. The van der Waals surface area contributed by atoms with Crippen LogP contribution >= 0.6 is 0 Å². The summed E-state index contributed by atoms with van der Waals surface area (Å²) in [5, 5.41) is 12.7. The van der Waals surface area contributed by atoms with Crippen molar-refractivity contribution in [2.24, 2.45) is 0 Å². The lowest BCUT2D eigenvalue weighted by Gasteiger charge is -2.18. The molecule has 0 fully saturated rings. The third kappa shape index (κ3) is 5.81. The number of benzene rings is 2. The Bertz CT molecular complexity index is 1300. The number of aryl methyl sites for hydroxylation is 1. The van der Waals surface area contributed by atoms with Gasteiger partial charge in [0.1, 0.15) is 5.75 Å². The Morgan fingerprint density at radius 1 is 1.12 bits per heavy atom. The molecule has 0 spiro atoms. The number of alkyl halides is 2. The zero-order valence-electron chi connectivity index (χ0n) is 19.2. The van der Waals surface area contributed by atoms with Gasteiger partial charge in [-0.05, 0) is 68.8 Å². The van der Waals surface area contributed by atoms with Crippen molar-refractivity contribution >= 4 is 21.4 Å². The van der Waals surface area contributed by atoms with Crippen LogP contribution in [0.5, 0.6) is 5.75 Å². The van der Waals surface area contributed by atoms with Crippen molar-refractivity contribution < 1.29 is 31.8 Å². The second-order valence-electron chi connectivity index (χ2n) is 8.12. The highest BCUT2D eigenvalue weighted by molar-refractivity contribution is 7.90. The molecule has 182 valence electrons. The first-order valence-corrected chi connectivity index (χ1v) is 12.3. The van der Waals surface area contributed by atoms with E-state index < -0.39 is 28.5 Å². The van der Waals surface area contributed by atoms with E-state index in [-0.39, 0.29) is 22.6 Å². The number of sulfone groups is 1. The number of ether oxygens (including phenoxy) is 1. The maximum Gasteiger partial charge on any atom is 0.387 e. The third-order valence-corrected chi connectivity index (χ3v) is 6.31. The van der Waals surface area contributed by atoms with Crippen molar-refractivity contribution in [3.05, 3.63) is 71.0 Å². The van der Waals surface area contributed by atoms with Gasteiger partial charge in [0.05, 0.1) is 22.3 Å². The number of aliphatic hydroxyl groups excluding tert-OH is 1. The monoisotopic (exact) mass is 492 g/mol. The lowest BCUT2D eigenvalue weighted by atomic mass is 10.1. The summed E-state index contributed by atoms with van der Waals surface area (Å²) in [6, 6.07) is 12.2. The number of amides is 1. The highest BCUT2D eigenvalue weighted by Gasteiger charge is 2.22. The van der Waals surface area contributed by atoms with Gasteiger partial charge in [-0.2, -0.15) is 8.78 Å². The molecule has 0 radical (unpaired) electrons. The number of aliphatic hydroxyl groups is 1. The lowest BCUT2D eigenvalue weighted by Crippen LogP contribution is -2.14. The molecule has 2 N–H and O–H groups in total. The van der Waals surface area contributed by atoms with Crippen molar-refractivity contribution in [2.75, 3.05) is 11.6 Å². The topological polar surface area (TPSA) is 97.6 Å². The Balaban J connectivity index is 2.03. The molecule has 0 aliphatic carbocycles. The zero-order chi connectivity index (χ0) is 25.2. The molecule has 1 unspecified atom stereocenters. The highest BCUT2D eigenvalue weighted by Crippen LogP contribution is 2.31. The van der Waals surface area contributed by atoms with Gasteiger partial charge in [0, 0.05) is 29.8 Å². The molecule has 0 aliphatic rings. The number of nitrogens with zero attached hydrogens (tertiary/aromatic N) is 1. The number of halogens is 2. The second-order valence-corrected chi connectivity index (χ2v) is 10.1. The van der Waals surface area contributed by atoms with Gasteiger partial charge in [0.25, 0.3) is 5.91 Å². The number of rotatable bonds is 8. The number of nitrogens with one attached hydrogen (secondary N) is 1. The number of hydrogen-bond donors (Lipinski definition) is 2. The minimum atomic E-state index is -3.37. The number of carbonyl (C=O) groups is 1. The Hall–Kier alpha value is -3.24. The molecule has 7 nitrogen and oxygen atoms in total. The summed E-state index contributed by atoms with van der Waals surface area (Å²) in [7, 11) is -3.37. The summed E-state index contributed by atoms with van der Waals surface area (Å²) >= 11 is 0. The van der Waals surface area contributed by atoms with E-state index in [2.05, 4.69) is 5.32 Å². The first-order chi connectivity index (χ1) is 15.9. The summed E-state index contributed by atoms with van der Waals surface area (Å²) < 4.78 is 55.8. The second kappa shape index (κ2) is 9.94. The van der Waals surface area contributed by atoms with Gasteiger partial charge >= 0.3 is 6.61 Å². The maximum absolute atomic E-state index is 13.1. The molecule has 10 heteroatoms. The summed E-state index contributed by atoms with van der Waals surface area (Å²) in [4.78, 5) is 13.2. The van der Waals surface area contributed by atoms with E-state index >= 15 is 0 Å². The van der Waals surface area contributed by atoms with Gasteiger partial charge in [0.2, 0.25) is 0 Å². The predicted molar refractivity (Wildman–Crippen MR) is 125 cm³/mol. The van der Waals surface area contributed by atoms with Crippen LogP contribution in [0.4, 0.5) is 14.5 Å². The van der Waals surface area contributed by atoms with E-state index in [1.807, 2.05) is 0 Å². The fraction of sp³-hybridized carbons (Fsp3) is 0.292. The van der Waals surface area contributed by atoms with Crippen LogP contribution in [-0.4, -0.2) is 43.0 Å². The smallest absolute Gasteiger partial charge is 0.387 e. The van der Waals surface area contributed by atoms with Gasteiger partial charge in [-0.3, -0.25) is 4.79 Å². The minimum absolute atomic E-state index is 0.0520. The number of carbonyl (C=O) groups excluding carboxylic acids is 1. The minimum Gasteiger partial charge on any atom is -0.433 e. The third-order valence-electron chi connectivity index (χ3n) is 5.19. The first kappa shape index (κ1) is 25.4. The molecule has 1 heterocycles. The molecule has 1 aromatic heterocycles. The van der Waals surface area contributed by atoms with Crippen LogP contribution in [0.15, 0.2) is 53.4 Å². The molecule has 1 amide bonds. The van der Waals surface area contributed by atoms with E-state index in [1.54, 1.807) is 43.5 Å². The largest absolute Gasteiger partial charge is 0.433 e. The average Bonchev–Trinajstić information content (AvgIpc) is 3.03. The van der Waals surface area contributed by atoms with Crippen LogP contribution in [0.25, 0.3) is 5.69 Å². The van der Waals surface area contributed by atoms with E-state index in [9.17, 15) is 27.1 Å². The molecular weight excluding hydrogens is 466 g/mol. The molecular formula is C24H26F2N2O5S. The van der Waals surface area contributed by atoms with Gasteiger partial charge in [0.15, 0.2) is 9.84 Å². The van der Waals surface area contributed by atoms with Crippen LogP contribution in [-0.2, 0) is 16.3 Å². The van der Waals surface area contributed by atoms with E-state index in [0.717, 1.165) is 11.8 Å². The SMILES string of the molecule is Cc1ccc(-n2c(CC(C)O)cc(C(=O)Nc3ccc(S(C)(=O)=O)cc3)c2C)c(OC(F)F)c1. The summed E-state index contributed by atoms with van der Waals surface area (Å²) in [5.74, 6) is -0.525. The molecule has 0 bridgehead atoms. The fourth-order valence-electron chi connectivity index (χ4n) is 3.67. The summed E-state index contributed by atoms with van der Waals surface area (Å²) in [6.07, 6.45) is 0.504. The molecule has 0 aliphatic heterocycles. The van der Waals surface area contributed by atoms with E-state index in [0.29, 0.717) is 22.8 Å². The summed E-state index contributed by atoms with van der Waals surface area (Å²) in [5.41, 5.74) is 2.69. The van der Waals surface area contributed by atoms with E-state index in [4.69, 9.17) is 4.74 Å². The standard InChI is InChI=1S/C24H26F2N2O5S/c1-14-5-10-21(22(11-14)33-24(25)26)28-16(3)20(13-18(28)12-15(2)29)23(30)27-17-6-8-19(9-7-17)34(4,31)32/h5-11,13,15,24,29H,12H2,1-4H3,(H,27,30). The molecule has 1 atom stereocenters. The van der Waals surface area contributed by atoms with Crippen LogP contribution < -0.4 is 10.1 Å². The van der Waals surface area contributed by atoms with Gasteiger partial charge in [-0.15, -0.1) is 0 Å². The number of hydrogen-bond acceptors (Lipinski definition) is 5. The van der Waals surface area contributed by atoms with Crippen molar-refractivity contribution in [3.63, 3.8) is 0 Å². The zero-order valence-corrected chi connectivity index (χ0v) is 20.0. The summed E-state index contributed by atoms with van der Waals surface area (Å²) in [6.45, 7) is 1.96. The molecule has 3 aromatic rings. The Morgan fingerprint density at radius 2 is 1.76 bits per heavy atom. The number of aromatic nitrogens is 1. The molecule has 3 rings (SSSR count). The van der Waals surface area contributed by atoms with E-state index in [1.165, 1.54) is 30.3 Å². The maximum atomic E-state index is 13.1. The highest BCUT2D eigenvalue weighted by atomic mass is 32.2.